The standard InChI is InChI=1S/C63H41NO/c1-3-22-46(23-4-1)63(47-24-5-2-6-25-47)55-31-13-11-28-53(55)62-56(63)32-17-34-58(62)64(48-38-36-43(37-39-48)50-29-15-21-42-18-9-10-26-49(42)50)57-33-14-12-27-51(57)52-30-16-35-59-61(52)54-40-44-19-7-8-20-45(44)41-60(54)65-59/h1-41H. The molecule has 0 radical (unpaired) electrons. The van der Waals surface area contributed by atoms with Gasteiger partial charge in [0.25, 0.3) is 0 Å². The number of para-hydroxylation sites is 1. The van der Waals surface area contributed by atoms with E-state index in [1.807, 2.05) is 0 Å². The van der Waals surface area contributed by atoms with Gasteiger partial charge in [0.05, 0.1) is 16.8 Å². The van der Waals surface area contributed by atoms with Crippen LogP contribution in [0.25, 0.3) is 76.9 Å². The zero-order valence-electron chi connectivity index (χ0n) is 35.5. The van der Waals surface area contributed by atoms with Crippen molar-refractivity contribution in [3.63, 3.8) is 0 Å². The van der Waals surface area contributed by atoms with Gasteiger partial charge in [0.15, 0.2) is 0 Å². The Morgan fingerprint density at radius 1 is 0.338 bits per heavy atom. The first kappa shape index (κ1) is 37.1. The highest BCUT2D eigenvalue weighted by molar-refractivity contribution is 6.17. The summed E-state index contributed by atoms with van der Waals surface area (Å²) in [5.41, 5.74) is 16.6. The first-order valence-corrected chi connectivity index (χ1v) is 22.4. The minimum Gasteiger partial charge on any atom is -0.456 e. The molecule has 0 N–H and O–H groups in total. The van der Waals surface area contributed by atoms with Crippen molar-refractivity contribution in [3.05, 3.63) is 271 Å². The molecule has 2 heteroatoms. The topological polar surface area (TPSA) is 16.4 Å². The van der Waals surface area contributed by atoms with Crippen LogP contribution < -0.4 is 4.90 Å². The van der Waals surface area contributed by atoms with E-state index in [2.05, 4.69) is 254 Å². The van der Waals surface area contributed by atoms with Crippen LogP contribution >= 0.6 is 0 Å². The summed E-state index contributed by atoms with van der Waals surface area (Å²) < 4.78 is 6.67. The molecule has 0 amide bonds. The molecule has 0 bridgehead atoms. The average Bonchev–Trinajstić information content (AvgIpc) is 3.90. The van der Waals surface area contributed by atoms with Crippen LogP contribution in [0, 0.1) is 0 Å². The molecule has 1 aliphatic carbocycles. The van der Waals surface area contributed by atoms with Gasteiger partial charge in [0, 0.05) is 27.6 Å². The monoisotopic (exact) mass is 827 g/mol. The second-order valence-corrected chi connectivity index (χ2v) is 17.1. The number of hydrogen-bond donors (Lipinski definition) is 0. The summed E-state index contributed by atoms with van der Waals surface area (Å²) in [6.07, 6.45) is 0. The van der Waals surface area contributed by atoms with Crippen LogP contribution in [-0.2, 0) is 5.41 Å². The van der Waals surface area contributed by atoms with Gasteiger partial charge in [-0.25, -0.2) is 0 Å². The third-order valence-electron chi connectivity index (χ3n) is 13.7. The van der Waals surface area contributed by atoms with Gasteiger partial charge in [0.1, 0.15) is 11.2 Å². The van der Waals surface area contributed by atoms with E-state index in [9.17, 15) is 0 Å². The molecule has 0 aliphatic heterocycles. The van der Waals surface area contributed by atoms with E-state index < -0.39 is 5.41 Å². The molecule has 0 fully saturated rings. The van der Waals surface area contributed by atoms with E-state index >= 15 is 0 Å². The van der Waals surface area contributed by atoms with E-state index in [-0.39, 0.29) is 0 Å². The quantitative estimate of drug-likeness (QED) is 0.159. The fraction of sp³-hybridized carbons (Fsp3) is 0.0159. The van der Waals surface area contributed by atoms with Crippen molar-refractivity contribution < 1.29 is 4.42 Å². The summed E-state index contributed by atoms with van der Waals surface area (Å²) >= 11 is 0. The van der Waals surface area contributed by atoms with Crippen molar-refractivity contribution in [1.82, 2.24) is 0 Å². The second kappa shape index (κ2) is 14.8. The molecule has 65 heavy (non-hydrogen) atoms. The maximum Gasteiger partial charge on any atom is 0.136 e. The SMILES string of the molecule is c1ccc(C2(c3ccccc3)c3ccccc3-c3c(N(c4ccc(-c5cccc6ccccc56)cc4)c4ccccc4-c4cccc5oc6cc7ccccc7cc6c45)cccc32)cc1. The van der Waals surface area contributed by atoms with Crippen LogP contribution in [0.4, 0.5) is 17.1 Å². The Labute approximate surface area is 377 Å². The molecule has 12 aromatic rings. The number of hydrogen-bond acceptors (Lipinski definition) is 2. The molecule has 1 heterocycles. The summed E-state index contributed by atoms with van der Waals surface area (Å²) in [7, 11) is 0. The van der Waals surface area contributed by atoms with Crippen molar-refractivity contribution in [2.24, 2.45) is 0 Å². The van der Waals surface area contributed by atoms with Crippen molar-refractivity contribution in [3.8, 4) is 33.4 Å². The molecular weight excluding hydrogens is 787 g/mol. The van der Waals surface area contributed by atoms with E-state index in [0.29, 0.717) is 0 Å². The maximum atomic E-state index is 6.67. The van der Waals surface area contributed by atoms with Gasteiger partial charge in [-0.05, 0) is 109 Å². The molecule has 0 atom stereocenters. The number of anilines is 3. The van der Waals surface area contributed by atoms with Gasteiger partial charge in [-0.15, -0.1) is 0 Å². The summed E-state index contributed by atoms with van der Waals surface area (Å²) in [5, 5.41) is 7.06. The first-order chi connectivity index (χ1) is 32.3. The second-order valence-electron chi connectivity index (χ2n) is 17.1. The van der Waals surface area contributed by atoms with Crippen molar-refractivity contribution in [2.45, 2.75) is 5.41 Å². The average molecular weight is 828 g/mol. The van der Waals surface area contributed by atoms with Gasteiger partial charge >= 0.3 is 0 Å². The Hall–Kier alpha value is -8.46. The number of rotatable bonds is 7. The predicted molar refractivity (Wildman–Crippen MR) is 272 cm³/mol. The third-order valence-corrected chi connectivity index (χ3v) is 13.7. The van der Waals surface area contributed by atoms with Gasteiger partial charge in [0.2, 0.25) is 0 Å². The lowest BCUT2D eigenvalue weighted by molar-refractivity contribution is 0.669. The summed E-state index contributed by atoms with van der Waals surface area (Å²) in [6, 6.07) is 90.9. The van der Waals surface area contributed by atoms with Crippen LogP contribution in [0.1, 0.15) is 22.3 Å². The molecule has 0 saturated carbocycles. The van der Waals surface area contributed by atoms with Gasteiger partial charge < -0.3 is 9.32 Å². The van der Waals surface area contributed by atoms with Crippen LogP contribution in [0.2, 0.25) is 0 Å². The van der Waals surface area contributed by atoms with E-state index in [1.165, 1.54) is 66.1 Å². The lowest BCUT2D eigenvalue weighted by atomic mass is 9.68. The fourth-order valence-electron chi connectivity index (χ4n) is 11.0. The Morgan fingerprint density at radius 3 is 1.68 bits per heavy atom. The Kier molecular flexibility index (Phi) is 8.47. The number of fused-ring (bicyclic) bond motifs is 8. The molecular formula is C63H41NO. The normalized spacial score (nSPS) is 12.7. The van der Waals surface area contributed by atoms with E-state index in [4.69, 9.17) is 4.42 Å². The highest BCUT2D eigenvalue weighted by Gasteiger charge is 2.47. The van der Waals surface area contributed by atoms with Gasteiger partial charge in [-0.3, -0.25) is 0 Å². The van der Waals surface area contributed by atoms with Gasteiger partial charge in [-0.1, -0.05) is 206 Å². The molecule has 0 unspecified atom stereocenters. The predicted octanol–water partition coefficient (Wildman–Crippen LogP) is 17.1. The number of nitrogens with zero attached hydrogens (tertiary/aromatic N) is 1. The van der Waals surface area contributed by atoms with Crippen LogP contribution in [0.15, 0.2) is 253 Å². The molecule has 304 valence electrons. The van der Waals surface area contributed by atoms with Crippen LogP contribution in [0.5, 0.6) is 0 Å². The van der Waals surface area contributed by atoms with Crippen LogP contribution in [0.3, 0.4) is 0 Å². The van der Waals surface area contributed by atoms with Gasteiger partial charge in [-0.2, -0.15) is 0 Å². The van der Waals surface area contributed by atoms with Crippen molar-refractivity contribution in [1.29, 1.82) is 0 Å². The summed E-state index contributed by atoms with van der Waals surface area (Å²) in [5.74, 6) is 0. The highest BCUT2D eigenvalue weighted by atomic mass is 16.3. The van der Waals surface area contributed by atoms with Crippen molar-refractivity contribution >= 4 is 60.5 Å². The van der Waals surface area contributed by atoms with E-state index in [0.717, 1.165) is 50.1 Å². The minimum absolute atomic E-state index is 0.544. The zero-order chi connectivity index (χ0) is 42.9. The Morgan fingerprint density at radius 2 is 0.892 bits per heavy atom. The molecule has 11 aromatic carbocycles. The molecule has 0 spiro atoms. The lowest BCUT2D eigenvalue weighted by Gasteiger charge is -2.34. The van der Waals surface area contributed by atoms with Crippen LogP contribution in [-0.4, -0.2) is 0 Å². The summed E-state index contributed by atoms with van der Waals surface area (Å²) in [6.45, 7) is 0. The molecule has 1 aliphatic rings. The fourth-order valence-corrected chi connectivity index (χ4v) is 11.0. The third kappa shape index (κ3) is 5.67. The zero-order valence-corrected chi connectivity index (χ0v) is 35.5. The Balaban J connectivity index is 1.09. The molecule has 2 nitrogen and oxygen atoms in total. The van der Waals surface area contributed by atoms with E-state index in [1.54, 1.807) is 0 Å². The molecule has 13 rings (SSSR count). The minimum atomic E-state index is -0.544. The number of benzene rings is 11. The lowest BCUT2D eigenvalue weighted by Crippen LogP contribution is -2.28. The smallest absolute Gasteiger partial charge is 0.136 e. The number of furan rings is 1. The van der Waals surface area contributed by atoms with Crippen molar-refractivity contribution in [2.75, 3.05) is 4.90 Å². The Bertz CT molecular complexity index is 3730. The highest BCUT2D eigenvalue weighted by Crippen LogP contribution is 2.60. The molecule has 0 saturated heterocycles. The maximum absolute atomic E-state index is 6.67. The largest absolute Gasteiger partial charge is 0.456 e. The first-order valence-electron chi connectivity index (χ1n) is 22.4. The molecule has 1 aromatic heterocycles. The summed E-state index contributed by atoms with van der Waals surface area (Å²) in [4.78, 5) is 2.50.